The lowest BCUT2D eigenvalue weighted by Gasteiger charge is -2.34. The largest absolute Gasteiger partial charge is 0.409 e. The van der Waals surface area contributed by atoms with Crippen LogP contribution in [0.1, 0.15) is 6.42 Å². The third-order valence-corrected chi connectivity index (χ3v) is 4.42. The summed E-state index contributed by atoms with van der Waals surface area (Å²) >= 11 is 6.87. The number of carbonyl (C=O) groups excluding carboxylic acids is 1. The first-order valence-electron chi connectivity index (χ1n) is 6.31. The van der Waals surface area contributed by atoms with E-state index in [0.29, 0.717) is 12.1 Å². The molecule has 1 amide bonds. The number of benzene rings is 1. The van der Waals surface area contributed by atoms with Crippen LogP contribution in [0.5, 0.6) is 0 Å². The molecule has 1 fully saturated rings. The van der Waals surface area contributed by atoms with Gasteiger partial charge in [0.05, 0.1) is 11.1 Å². The molecule has 1 heterocycles. The molecule has 22 heavy (non-hydrogen) atoms. The van der Waals surface area contributed by atoms with E-state index in [0.717, 1.165) is 0 Å². The summed E-state index contributed by atoms with van der Waals surface area (Å²) in [4.78, 5) is 12.4. The highest BCUT2D eigenvalue weighted by molar-refractivity contribution is 7.95. The molecule has 1 aliphatic heterocycles. The van der Waals surface area contributed by atoms with Gasteiger partial charge in [-0.3, -0.25) is 4.79 Å². The number of hydrogen-bond acceptors (Lipinski definition) is 6. The Morgan fingerprint density at radius 2 is 2.41 bits per heavy atom. The van der Waals surface area contributed by atoms with Gasteiger partial charge < -0.3 is 16.3 Å². The molecule has 0 aromatic heterocycles. The summed E-state index contributed by atoms with van der Waals surface area (Å²) < 4.78 is 17.8. The van der Waals surface area contributed by atoms with Gasteiger partial charge in [-0.25, -0.2) is 13.4 Å². The van der Waals surface area contributed by atoms with Crippen molar-refractivity contribution in [3.63, 3.8) is 0 Å². The minimum atomic E-state index is -0.554. The summed E-state index contributed by atoms with van der Waals surface area (Å²) in [6.45, 7) is 0. The van der Waals surface area contributed by atoms with Crippen LogP contribution in [0.3, 0.4) is 0 Å². The van der Waals surface area contributed by atoms with Crippen molar-refractivity contribution in [2.24, 2.45) is 10.9 Å². The highest BCUT2D eigenvalue weighted by Crippen LogP contribution is 2.24. The van der Waals surface area contributed by atoms with Gasteiger partial charge in [0.25, 0.3) is 0 Å². The third-order valence-electron chi connectivity index (χ3n) is 3.20. The summed E-state index contributed by atoms with van der Waals surface area (Å²) in [5, 5.41) is 14.3. The highest BCUT2D eigenvalue weighted by atomic mass is 35.5. The van der Waals surface area contributed by atoms with Crippen LogP contribution in [-0.4, -0.2) is 40.4 Å². The van der Waals surface area contributed by atoms with E-state index in [9.17, 15) is 9.18 Å². The number of amidine groups is 1. The van der Waals surface area contributed by atoms with Crippen molar-refractivity contribution in [2.45, 2.75) is 18.5 Å². The molecule has 0 spiro atoms. The number of nitrogens with zero attached hydrogens (tertiary/aromatic N) is 2. The Morgan fingerprint density at radius 3 is 3.05 bits per heavy atom. The van der Waals surface area contributed by atoms with E-state index in [1.807, 2.05) is 0 Å². The van der Waals surface area contributed by atoms with E-state index in [2.05, 4.69) is 15.2 Å². The zero-order valence-electron chi connectivity index (χ0n) is 11.6. The van der Waals surface area contributed by atoms with Gasteiger partial charge in [-0.2, -0.15) is 0 Å². The fraction of sp³-hybridized carbons (Fsp3) is 0.333. The molecule has 120 valence electrons. The van der Waals surface area contributed by atoms with Gasteiger partial charge in [0.2, 0.25) is 5.91 Å². The van der Waals surface area contributed by atoms with Crippen LogP contribution in [0.25, 0.3) is 0 Å². The molecule has 1 saturated heterocycles. The lowest BCUT2D eigenvalue weighted by molar-refractivity contribution is -0.119. The second kappa shape index (κ2) is 7.14. The summed E-state index contributed by atoms with van der Waals surface area (Å²) in [7, 11) is 1.74. The van der Waals surface area contributed by atoms with Crippen LogP contribution in [0.15, 0.2) is 23.4 Å². The molecule has 1 aromatic rings. The van der Waals surface area contributed by atoms with E-state index in [1.54, 1.807) is 11.4 Å². The first-order valence-corrected chi connectivity index (χ1v) is 7.46. The van der Waals surface area contributed by atoms with Gasteiger partial charge in [-0.15, -0.1) is 0 Å². The Kier molecular flexibility index (Phi) is 5.46. The Hall–Kier alpha value is -1.55. The molecule has 1 aliphatic rings. The fourth-order valence-electron chi connectivity index (χ4n) is 1.95. The topological polar surface area (TPSA) is 103 Å². The van der Waals surface area contributed by atoms with Gasteiger partial charge in [-0.1, -0.05) is 16.8 Å². The van der Waals surface area contributed by atoms with Crippen LogP contribution >= 0.6 is 23.7 Å². The van der Waals surface area contributed by atoms with Crippen LogP contribution in [0.4, 0.5) is 10.1 Å². The number of hydrogen-bond donors (Lipinski definition) is 4. The van der Waals surface area contributed by atoms with Gasteiger partial charge in [0, 0.05) is 17.8 Å². The molecule has 0 saturated carbocycles. The molecular weight excluding hydrogens is 333 g/mol. The molecule has 2 atom stereocenters. The normalized spacial score (nSPS) is 23.3. The first kappa shape index (κ1) is 16.8. The van der Waals surface area contributed by atoms with Crippen molar-refractivity contribution in [2.75, 3.05) is 12.4 Å². The second-order valence-electron chi connectivity index (χ2n) is 4.70. The predicted molar refractivity (Wildman–Crippen MR) is 84.1 cm³/mol. The van der Waals surface area contributed by atoms with Crippen LogP contribution < -0.4 is 15.8 Å². The van der Waals surface area contributed by atoms with E-state index in [1.165, 1.54) is 30.3 Å². The van der Waals surface area contributed by atoms with E-state index in [4.69, 9.17) is 22.5 Å². The molecule has 2 unspecified atom stereocenters. The summed E-state index contributed by atoms with van der Waals surface area (Å²) in [6.07, 6.45) is 0.320. The SMILES string of the molecule is CN1SNC(/C(N)=N/O)CC1C(=O)Nc1ccc(F)c(Cl)c1. The Bertz CT molecular complexity index is 603. The quantitative estimate of drug-likeness (QED) is 0.217. The minimum Gasteiger partial charge on any atom is -0.409 e. The molecule has 1 aromatic carbocycles. The van der Waals surface area contributed by atoms with Gasteiger partial charge in [-0.05, 0) is 31.7 Å². The van der Waals surface area contributed by atoms with Crippen molar-refractivity contribution in [3.05, 3.63) is 29.0 Å². The number of rotatable bonds is 3. The Balaban J connectivity index is 2.08. The van der Waals surface area contributed by atoms with E-state index < -0.39 is 17.9 Å². The van der Waals surface area contributed by atoms with E-state index >= 15 is 0 Å². The van der Waals surface area contributed by atoms with Crippen molar-refractivity contribution in [1.29, 1.82) is 0 Å². The number of amides is 1. The average Bonchev–Trinajstić information content (AvgIpc) is 2.50. The standard InChI is InChI=1S/C12H15ClFN5O2S/c1-19-10(5-9(18-22-19)11(15)17-21)12(20)16-6-2-3-8(14)7(13)4-6/h2-4,9-10,18,21H,5H2,1H3,(H2,15,17)(H,16,20). The predicted octanol–water partition coefficient (Wildman–Crippen LogP) is 1.39. The smallest absolute Gasteiger partial charge is 0.242 e. The van der Waals surface area contributed by atoms with Crippen molar-refractivity contribution in [1.82, 2.24) is 9.03 Å². The maximum atomic E-state index is 13.1. The average molecular weight is 348 g/mol. The Labute approximate surface area is 135 Å². The van der Waals surface area contributed by atoms with Crippen LogP contribution in [0, 0.1) is 5.82 Å². The number of carbonyl (C=O) groups is 1. The van der Waals surface area contributed by atoms with Gasteiger partial charge in [0.1, 0.15) is 11.9 Å². The molecule has 10 heteroatoms. The zero-order valence-corrected chi connectivity index (χ0v) is 13.2. The molecule has 0 bridgehead atoms. The Morgan fingerprint density at radius 1 is 1.68 bits per heavy atom. The maximum absolute atomic E-state index is 13.1. The molecule has 2 rings (SSSR count). The van der Waals surface area contributed by atoms with Gasteiger partial charge >= 0.3 is 0 Å². The van der Waals surface area contributed by atoms with Crippen LogP contribution in [0.2, 0.25) is 5.02 Å². The number of anilines is 1. The van der Waals surface area contributed by atoms with Crippen molar-refractivity contribution < 1.29 is 14.4 Å². The van der Waals surface area contributed by atoms with Crippen molar-refractivity contribution in [3.8, 4) is 0 Å². The summed E-state index contributed by atoms with van der Waals surface area (Å²) in [5.41, 5.74) is 5.96. The maximum Gasteiger partial charge on any atom is 0.242 e. The summed E-state index contributed by atoms with van der Waals surface area (Å²) in [5.74, 6) is -0.848. The molecular formula is C12H15ClFN5O2S. The zero-order chi connectivity index (χ0) is 16.3. The fourth-order valence-corrected chi connectivity index (χ4v) is 2.95. The first-order chi connectivity index (χ1) is 10.4. The monoisotopic (exact) mass is 347 g/mol. The second-order valence-corrected chi connectivity index (χ2v) is 6.10. The van der Waals surface area contributed by atoms with Crippen LogP contribution in [-0.2, 0) is 4.79 Å². The number of nitrogens with two attached hydrogens (primary N) is 1. The number of oxime groups is 1. The third kappa shape index (κ3) is 3.80. The van der Waals surface area contributed by atoms with Gasteiger partial charge in [0.15, 0.2) is 5.84 Å². The number of likely N-dealkylation sites (N-methyl/N-ethyl adjacent to an activating group) is 1. The molecule has 0 radical (unpaired) electrons. The highest BCUT2D eigenvalue weighted by Gasteiger charge is 2.34. The number of nitrogens with one attached hydrogen (secondary N) is 2. The lowest BCUT2D eigenvalue weighted by atomic mass is 10.1. The summed E-state index contributed by atoms with van der Waals surface area (Å²) in [6, 6.07) is 3.00. The van der Waals surface area contributed by atoms with Crippen molar-refractivity contribution >= 4 is 41.2 Å². The minimum absolute atomic E-state index is 0.00299. The van der Waals surface area contributed by atoms with E-state index in [-0.39, 0.29) is 16.8 Å². The molecule has 7 nitrogen and oxygen atoms in total. The lowest BCUT2D eigenvalue weighted by Crippen LogP contribution is -2.53. The molecule has 5 N–H and O–H groups in total. The molecule has 0 aliphatic carbocycles. The number of halogens is 2.